The molecule has 0 aliphatic carbocycles. The monoisotopic (exact) mass is 205 g/mol. The highest BCUT2D eigenvalue weighted by Crippen LogP contribution is 2.20. The Morgan fingerprint density at radius 2 is 2.00 bits per heavy atom. The first-order chi connectivity index (χ1) is 7.61. The fourth-order valence-corrected chi connectivity index (χ4v) is 1.24. The molecule has 1 fully saturated rings. The number of hydrogen-bond acceptors (Lipinski definition) is 4. The van der Waals surface area contributed by atoms with E-state index in [1.165, 1.54) is 0 Å². The quantitative estimate of drug-likeness (QED) is 0.322. The zero-order valence-corrected chi connectivity index (χ0v) is 7.64. The molecule has 1 aliphatic heterocycles. The van der Waals surface area contributed by atoms with Crippen LogP contribution in [0.1, 0.15) is 6.93 Å². The first-order valence-corrected chi connectivity index (χ1v) is 4.27. The number of cyclic esters (lactones) is 1. The second-order valence-corrected chi connectivity index (χ2v) is 2.98. The molecule has 1 aromatic carbocycles. The summed E-state index contributed by atoms with van der Waals surface area (Å²) in [7, 11) is 0. The smallest absolute Gasteiger partial charge is 0.379 e. The highest BCUT2D eigenvalue weighted by molar-refractivity contribution is 6.43. The van der Waals surface area contributed by atoms with E-state index in [0.29, 0.717) is 5.56 Å². The summed E-state index contributed by atoms with van der Waals surface area (Å²) >= 11 is 0. The molecule has 2 rings (SSSR count). The lowest BCUT2D eigenvalue weighted by Crippen LogP contribution is -2.07. The van der Waals surface area contributed by atoms with Gasteiger partial charge >= 0.3 is 5.97 Å². The third-order valence-electron chi connectivity index (χ3n) is 2.02. The van der Waals surface area contributed by atoms with Crippen molar-refractivity contribution in [1.82, 2.24) is 0 Å². The van der Waals surface area contributed by atoms with Crippen LogP contribution in [0.15, 0.2) is 35.9 Å². The summed E-state index contributed by atoms with van der Waals surface area (Å²) < 4.78 is 11.7. The number of hydrogen-bond donors (Lipinski definition) is 1. The minimum Gasteiger partial charge on any atom is -0.507 e. The Morgan fingerprint density at radius 1 is 1.33 bits per heavy atom. The van der Waals surface area contributed by atoms with Crippen LogP contribution in [0.5, 0.6) is 0 Å². The van der Waals surface area contributed by atoms with E-state index in [1.54, 1.807) is 30.3 Å². The zero-order chi connectivity index (χ0) is 11.7. The van der Waals surface area contributed by atoms with Gasteiger partial charge in [0.15, 0.2) is 0 Å². The van der Waals surface area contributed by atoms with Crippen LogP contribution in [0.2, 0.25) is 0 Å². The van der Waals surface area contributed by atoms with E-state index in [9.17, 15) is 14.7 Å². The van der Waals surface area contributed by atoms with Gasteiger partial charge in [0.05, 0.1) is 6.94 Å². The second-order valence-electron chi connectivity index (χ2n) is 2.98. The standard InChI is InChI=1S/C11H8O4/c12-9(7-4-2-1-3-5-7)8-6-15-11(14)10(8)13/h1-5,12H,6H2/i6D. The van der Waals surface area contributed by atoms with E-state index >= 15 is 0 Å². The lowest BCUT2D eigenvalue weighted by Gasteiger charge is -2.00. The minimum atomic E-state index is -1.44. The number of ether oxygens (including phenoxy) is 1. The van der Waals surface area contributed by atoms with Crippen molar-refractivity contribution in [3.05, 3.63) is 41.5 Å². The average molecular weight is 205 g/mol. The number of Topliss-reactive ketones (excluding diaryl/α,β-unsaturated/α-hetero) is 1. The summed E-state index contributed by atoms with van der Waals surface area (Å²) in [6.45, 7) is -1.44. The Bertz CT molecular complexity index is 478. The van der Waals surface area contributed by atoms with Crippen LogP contribution in [-0.2, 0) is 14.3 Å². The molecule has 0 amide bonds. The third kappa shape index (κ3) is 1.61. The van der Waals surface area contributed by atoms with E-state index in [-0.39, 0.29) is 11.3 Å². The van der Waals surface area contributed by atoms with Crippen LogP contribution >= 0.6 is 0 Å². The molecular weight excluding hydrogens is 196 g/mol. The molecule has 1 atom stereocenters. The second kappa shape index (κ2) is 3.57. The fraction of sp³-hybridized carbons (Fsp3) is 0.0909. The molecule has 1 heterocycles. The van der Waals surface area contributed by atoms with Crippen molar-refractivity contribution in [1.29, 1.82) is 0 Å². The van der Waals surface area contributed by atoms with Crippen molar-refractivity contribution in [3.8, 4) is 0 Å². The Balaban J connectivity index is 2.50. The predicted molar refractivity (Wildman–Crippen MR) is 52.0 cm³/mol. The summed E-state index contributed by atoms with van der Waals surface area (Å²) in [6, 6.07) is 8.24. The van der Waals surface area contributed by atoms with Gasteiger partial charge in [0, 0.05) is 5.56 Å². The van der Waals surface area contributed by atoms with Crippen LogP contribution in [0.3, 0.4) is 0 Å². The molecule has 0 bridgehead atoms. The Morgan fingerprint density at radius 3 is 2.53 bits per heavy atom. The molecule has 0 spiro atoms. The zero-order valence-electron chi connectivity index (χ0n) is 8.64. The van der Waals surface area contributed by atoms with Gasteiger partial charge in [0.2, 0.25) is 0 Å². The average Bonchev–Trinajstić information content (AvgIpc) is 2.54. The Hall–Kier alpha value is -2.10. The number of carbonyl (C=O) groups is 2. The number of aliphatic hydroxyl groups is 1. The number of aliphatic hydroxyl groups excluding tert-OH is 1. The van der Waals surface area contributed by atoms with Gasteiger partial charge in [0.25, 0.3) is 5.78 Å². The van der Waals surface area contributed by atoms with E-state index in [1.807, 2.05) is 0 Å². The van der Waals surface area contributed by atoms with Gasteiger partial charge in [-0.2, -0.15) is 0 Å². The molecule has 1 aromatic rings. The number of esters is 1. The summed E-state index contributed by atoms with van der Waals surface area (Å²) in [5.41, 5.74) is 0.0672. The molecular formula is C11H8O4. The lowest BCUT2D eigenvalue weighted by atomic mass is 10.1. The summed E-state index contributed by atoms with van der Waals surface area (Å²) in [6.07, 6.45) is 0. The maximum atomic E-state index is 11.3. The van der Waals surface area contributed by atoms with Crippen molar-refractivity contribution in [2.75, 3.05) is 6.58 Å². The SMILES string of the molecule is [2H]C1OC(=O)C(=O)C1=C(O)c1ccccc1. The minimum absolute atomic E-state index is 0.309. The molecule has 4 heteroatoms. The number of rotatable bonds is 1. The van der Waals surface area contributed by atoms with Crippen molar-refractivity contribution < 1.29 is 20.8 Å². The van der Waals surface area contributed by atoms with Gasteiger partial charge in [-0.1, -0.05) is 30.3 Å². The maximum Gasteiger partial charge on any atom is 0.379 e. The van der Waals surface area contributed by atoms with Gasteiger partial charge in [-0.3, -0.25) is 4.79 Å². The summed E-state index contributed by atoms with van der Waals surface area (Å²) in [5.74, 6) is -2.43. The van der Waals surface area contributed by atoms with Crippen LogP contribution in [0, 0.1) is 0 Å². The summed E-state index contributed by atoms with van der Waals surface area (Å²) in [4.78, 5) is 22.2. The van der Waals surface area contributed by atoms with Crippen molar-refractivity contribution in [2.24, 2.45) is 0 Å². The van der Waals surface area contributed by atoms with Crippen molar-refractivity contribution in [3.63, 3.8) is 0 Å². The Labute approximate surface area is 87.2 Å². The lowest BCUT2D eigenvalue weighted by molar-refractivity contribution is -0.146. The third-order valence-corrected chi connectivity index (χ3v) is 2.02. The molecule has 0 aromatic heterocycles. The number of benzene rings is 1. The largest absolute Gasteiger partial charge is 0.507 e. The van der Waals surface area contributed by atoms with E-state index < -0.39 is 18.3 Å². The fourth-order valence-electron chi connectivity index (χ4n) is 1.24. The number of carbonyl (C=O) groups excluding carboxylic acids is 2. The molecule has 1 aliphatic rings. The maximum absolute atomic E-state index is 11.3. The summed E-state index contributed by atoms with van der Waals surface area (Å²) in [5, 5.41) is 9.79. The van der Waals surface area contributed by atoms with Crippen LogP contribution in [0.4, 0.5) is 0 Å². The normalized spacial score (nSPS) is 24.8. The highest BCUT2D eigenvalue weighted by atomic mass is 16.5. The first kappa shape index (κ1) is 8.23. The van der Waals surface area contributed by atoms with Crippen molar-refractivity contribution in [2.45, 2.75) is 0 Å². The van der Waals surface area contributed by atoms with Gasteiger partial charge in [-0.25, -0.2) is 4.79 Å². The topological polar surface area (TPSA) is 63.6 Å². The molecule has 0 saturated carbocycles. The van der Waals surface area contributed by atoms with Crippen LogP contribution < -0.4 is 0 Å². The molecule has 1 N–H and O–H groups in total. The van der Waals surface area contributed by atoms with Gasteiger partial charge in [-0.05, 0) is 0 Å². The van der Waals surface area contributed by atoms with Crippen LogP contribution in [-0.4, -0.2) is 23.4 Å². The highest BCUT2D eigenvalue weighted by Gasteiger charge is 2.32. The molecule has 0 radical (unpaired) electrons. The van der Waals surface area contributed by atoms with E-state index in [4.69, 9.17) is 1.37 Å². The van der Waals surface area contributed by atoms with Crippen molar-refractivity contribution >= 4 is 17.5 Å². The first-order valence-electron chi connectivity index (χ1n) is 4.85. The molecule has 15 heavy (non-hydrogen) atoms. The van der Waals surface area contributed by atoms with Gasteiger partial charge < -0.3 is 9.84 Å². The molecule has 4 nitrogen and oxygen atoms in total. The molecule has 1 unspecified atom stereocenters. The molecule has 76 valence electrons. The predicted octanol–water partition coefficient (Wildman–Crippen LogP) is 1.08. The van der Waals surface area contributed by atoms with E-state index in [0.717, 1.165) is 0 Å². The molecule has 1 saturated heterocycles. The van der Waals surface area contributed by atoms with Crippen LogP contribution in [0.25, 0.3) is 5.76 Å². The van der Waals surface area contributed by atoms with Gasteiger partial charge in [0.1, 0.15) is 12.3 Å². The van der Waals surface area contributed by atoms with E-state index in [2.05, 4.69) is 4.74 Å². The number of ketones is 1. The van der Waals surface area contributed by atoms with Gasteiger partial charge in [-0.15, -0.1) is 0 Å². The Kier molecular flexibility index (Phi) is 1.96.